The van der Waals surface area contributed by atoms with E-state index >= 15 is 0 Å². The molecule has 9 nitrogen and oxygen atoms in total. The highest BCUT2D eigenvalue weighted by Gasteiger charge is 2.27. The SMILES string of the molecule is Cn1c(C(=O)N2CCc3oc(CCc4cccnc4)nc3C2)cc(=O)n(C)c1=O. The van der Waals surface area contributed by atoms with Crippen molar-refractivity contribution in [2.45, 2.75) is 25.8 Å². The number of aryl methyl sites for hydroxylation is 2. The molecule has 0 bridgehead atoms. The summed E-state index contributed by atoms with van der Waals surface area (Å²) < 4.78 is 8.03. The molecule has 0 saturated carbocycles. The molecule has 0 spiro atoms. The number of carbonyl (C=O) groups excluding carboxylic acids is 1. The Morgan fingerprint density at radius 2 is 2.03 bits per heavy atom. The quantitative estimate of drug-likeness (QED) is 0.635. The Labute approximate surface area is 166 Å². The Morgan fingerprint density at radius 3 is 2.79 bits per heavy atom. The lowest BCUT2D eigenvalue weighted by Gasteiger charge is -2.26. The van der Waals surface area contributed by atoms with Crippen molar-refractivity contribution in [1.82, 2.24) is 24.0 Å². The van der Waals surface area contributed by atoms with Gasteiger partial charge in [0.1, 0.15) is 17.1 Å². The minimum absolute atomic E-state index is 0.0712. The van der Waals surface area contributed by atoms with Crippen LogP contribution in [0.25, 0.3) is 0 Å². The predicted molar refractivity (Wildman–Crippen MR) is 104 cm³/mol. The Morgan fingerprint density at radius 1 is 1.21 bits per heavy atom. The van der Waals surface area contributed by atoms with Crippen molar-refractivity contribution in [2.75, 3.05) is 6.54 Å². The smallest absolute Gasteiger partial charge is 0.331 e. The van der Waals surface area contributed by atoms with Crippen molar-refractivity contribution in [3.8, 4) is 0 Å². The second-order valence-corrected chi connectivity index (χ2v) is 7.08. The van der Waals surface area contributed by atoms with Gasteiger partial charge < -0.3 is 9.32 Å². The Kier molecular flexibility index (Phi) is 4.87. The molecule has 29 heavy (non-hydrogen) atoms. The fourth-order valence-corrected chi connectivity index (χ4v) is 3.43. The van der Waals surface area contributed by atoms with Gasteiger partial charge >= 0.3 is 5.69 Å². The van der Waals surface area contributed by atoms with Crippen LogP contribution >= 0.6 is 0 Å². The summed E-state index contributed by atoms with van der Waals surface area (Å²) in [6.07, 6.45) is 5.51. The highest BCUT2D eigenvalue weighted by atomic mass is 16.4. The monoisotopic (exact) mass is 395 g/mol. The first-order chi connectivity index (χ1) is 13.9. The van der Waals surface area contributed by atoms with E-state index in [1.54, 1.807) is 11.1 Å². The van der Waals surface area contributed by atoms with Crippen molar-refractivity contribution in [3.63, 3.8) is 0 Å². The first kappa shape index (κ1) is 18.9. The summed E-state index contributed by atoms with van der Waals surface area (Å²) in [4.78, 5) is 47.2. The molecule has 4 rings (SSSR count). The number of fused-ring (bicyclic) bond motifs is 1. The number of hydrogen-bond donors (Lipinski definition) is 0. The molecular weight excluding hydrogens is 374 g/mol. The zero-order valence-corrected chi connectivity index (χ0v) is 16.3. The van der Waals surface area contributed by atoms with Gasteiger partial charge in [0.2, 0.25) is 0 Å². The van der Waals surface area contributed by atoms with Gasteiger partial charge in [-0.1, -0.05) is 6.07 Å². The number of hydrogen-bond acceptors (Lipinski definition) is 6. The van der Waals surface area contributed by atoms with Gasteiger partial charge in [-0.25, -0.2) is 9.78 Å². The van der Waals surface area contributed by atoms with Crippen molar-refractivity contribution in [1.29, 1.82) is 0 Å². The lowest BCUT2D eigenvalue weighted by atomic mass is 10.1. The third kappa shape index (κ3) is 3.63. The van der Waals surface area contributed by atoms with E-state index in [2.05, 4.69) is 9.97 Å². The highest BCUT2D eigenvalue weighted by Crippen LogP contribution is 2.21. The van der Waals surface area contributed by atoms with E-state index < -0.39 is 11.2 Å². The summed E-state index contributed by atoms with van der Waals surface area (Å²) >= 11 is 0. The summed E-state index contributed by atoms with van der Waals surface area (Å²) in [5, 5.41) is 0. The fraction of sp³-hybridized carbons (Fsp3) is 0.350. The van der Waals surface area contributed by atoms with Gasteiger partial charge in [0, 0.05) is 51.9 Å². The van der Waals surface area contributed by atoms with Gasteiger partial charge in [-0.15, -0.1) is 0 Å². The normalized spacial score (nSPS) is 13.4. The minimum atomic E-state index is -0.530. The van der Waals surface area contributed by atoms with E-state index in [0.717, 1.165) is 28.0 Å². The predicted octanol–water partition coefficient (Wildman–Crippen LogP) is 0.451. The molecule has 1 amide bonds. The molecule has 150 valence electrons. The summed E-state index contributed by atoms with van der Waals surface area (Å²) in [7, 11) is 2.87. The third-order valence-corrected chi connectivity index (χ3v) is 5.15. The Bertz CT molecular complexity index is 1180. The fourth-order valence-electron chi connectivity index (χ4n) is 3.43. The van der Waals surface area contributed by atoms with Crippen LogP contribution in [0.1, 0.15) is 33.4 Å². The molecule has 0 radical (unpaired) electrons. The second kappa shape index (κ2) is 7.50. The van der Waals surface area contributed by atoms with E-state index in [4.69, 9.17) is 4.42 Å². The Hall–Kier alpha value is -3.49. The summed E-state index contributed by atoms with van der Waals surface area (Å²) in [6.45, 7) is 0.723. The van der Waals surface area contributed by atoms with Crippen LogP contribution in [0.3, 0.4) is 0 Å². The summed E-state index contributed by atoms with van der Waals surface area (Å²) in [5.41, 5.74) is 0.861. The molecule has 0 unspecified atom stereocenters. The number of carbonyl (C=O) groups is 1. The molecule has 1 aliphatic rings. The van der Waals surface area contributed by atoms with Crippen molar-refractivity contribution >= 4 is 5.91 Å². The molecular formula is C20H21N5O4. The van der Waals surface area contributed by atoms with Crippen molar-refractivity contribution < 1.29 is 9.21 Å². The number of pyridine rings is 1. The van der Waals surface area contributed by atoms with Crippen LogP contribution in [0.2, 0.25) is 0 Å². The van der Waals surface area contributed by atoms with E-state index in [9.17, 15) is 14.4 Å². The third-order valence-electron chi connectivity index (χ3n) is 5.15. The van der Waals surface area contributed by atoms with Crippen molar-refractivity contribution in [2.24, 2.45) is 14.1 Å². The maximum Gasteiger partial charge on any atom is 0.331 e. The van der Waals surface area contributed by atoms with E-state index in [-0.39, 0.29) is 18.1 Å². The molecule has 1 aliphatic heterocycles. The van der Waals surface area contributed by atoms with Crippen LogP contribution in [0, 0.1) is 0 Å². The average molecular weight is 395 g/mol. The van der Waals surface area contributed by atoms with Crippen LogP contribution in [-0.4, -0.2) is 36.5 Å². The van der Waals surface area contributed by atoms with Crippen LogP contribution in [0.15, 0.2) is 44.6 Å². The number of amides is 1. The van der Waals surface area contributed by atoms with E-state index in [1.165, 1.54) is 24.7 Å². The lowest BCUT2D eigenvalue weighted by molar-refractivity contribution is 0.0715. The van der Waals surface area contributed by atoms with E-state index in [1.807, 2.05) is 18.3 Å². The first-order valence-electron chi connectivity index (χ1n) is 9.36. The summed E-state index contributed by atoms with van der Waals surface area (Å²) in [5.74, 6) is 1.05. The largest absolute Gasteiger partial charge is 0.445 e. The molecule has 3 aromatic rings. The summed E-state index contributed by atoms with van der Waals surface area (Å²) in [6, 6.07) is 5.09. The van der Waals surface area contributed by atoms with Gasteiger partial charge in [0.15, 0.2) is 5.89 Å². The maximum absolute atomic E-state index is 12.9. The van der Waals surface area contributed by atoms with Crippen LogP contribution in [0.5, 0.6) is 0 Å². The van der Waals surface area contributed by atoms with Gasteiger partial charge in [0.05, 0.1) is 6.54 Å². The van der Waals surface area contributed by atoms with Crippen LogP contribution in [0.4, 0.5) is 0 Å². The molecule has 3 aromatic heterocycles. The zero-order chi connectivity index (χ0) is 20.5. The molecule has 0 aliphatic carbocycles. The van der Waals surface area contributed by atoms with E-state index in [0.29, 0.717) is 25.3 Å². The molecule has 0 N–H and O–H groups in total. The number of nitrogens with zero attached hydrogens (tertiary/aromatic N) is 5. The number of oxazole rings is 1. The molecule has 0 atom stereocenters. The molecule has 0 fully saturated rings. The minimum Gasteiger partial charge on any atom is -0.445 e. The number of aromatic nitrogens is 4. The van der Waals surface area contributed by atoms with Gasteiger partial charge in [-0.3, -0.25) is 23.7 Å². The van der Waals surface area contributed by atoms with Gasteiger partial charge in [-0.05, 0) is 18.1 Å². The first-order valence-corrected chi connectivity index (χ1v) is 9.36. The topological polar surface area (TPSA) is 103 Å². The van der Waals surface area contributed by atoms with Crippen LogP contribution in [-0.2, 0) is 39.9 Å². The lowest BCUT2D eigenvalue weighted by Crippen LogP contribution is -2.43. The molecule has 9 heteroatoms. The van der Waals surface area contributed by atoms with Crippen LogP contribution < -0.4 is 11.2 Å². The molecule has 0 saturated heterocycles. The average Bonchev–Trinajstić information content (AvgIpc) is 3.15. The maximum atomic E-state index is 12.9. The second-order valence-electron chi connectivity index (χ2n) is 7.08. The molecule has 0 aromatic carbocycles. The standard InChI is InChI=1S/C20H21N5O4/c1-23-15(10-18(26)24(2)20(23)28)19(27)25-9-7-16-14(12-25)22-17(29-16)6-5-13-4-3-8-21-11-13/h3-4,8,10-11H,5-7,9,12H2,1-2H3. The van der Waals surface area contributed by atoms with Gasteiger partial charge in [-0.2, -0.15) is 0 Å². The zero-order valence-electron chi connectivity index (χ0n) is 16.3. The van der Waals surface area contributed by atoms with Crippen molar-refractivity contribution in [3.05, 3.63) is 80.0 Å². The highest BCUT2D eigenvalue weighted by molar-refractivity contribution is 5.92. The molecule has 4 heterocycles. The number of rotatable bonds is 4. The van der Waals surface area contributed by atoms with Gasteiger partial charge in [0.25, 0.3) is 11.5 Å². The Balaban J connectivity index is 1.50.